The Kier molecular flexibility index (Phi) is 5.11. The number of thiophene rings is 1. The lowest BCUT2D eigenvalue weighted by Gasteiger charge is -2.27. The van der Waals surface area contributed by atoms with Gasteiger partial charge in [0.25, 0.3) is 0 Å². The maximum Gasteiger partial charge on any atom is 0.226 e. The van der Waals surface area contributed by atoms with Crippen molar-refractivity contribution in [1.29, 1.82) is 0 Å². The van der Waals surface area contributed by atoms with E-state index in [1.54, 1.807) is 17.6 Å². The van der Waals surface area contributed by atoms with E-state index in [0.717, 1.165) is 38.0 Å². The summed E-state index contributed by atoms with van der Waals surface area (Å²) in [5, 5.41) is 2.08. The molecule has 1 aliphatic rings. The van der Waals surface area contributed by atoms with Gasteiger partial charge in [0.1, 0.15) is 5.76 Å². The minimum absolute atomic E-state index is 0.128. The molecule has 0 N–H and O–H groups in total. The Bertz CT molecular complexity index is 601. The van der Waals surface area contributed by atoms with Crippen molar-refractivity contribution in [2.75, 3.05) is 6.54 Å². The fourth-order valence-corrected chi connectivity index (χ4v) is 3.53. The highest BCUT2D eigenvalue weighted by atomic mass is 32.1. The third kappa shape index (κ3) is 3.89. The van der Waals surface area contributed by atoms with E-state index in [1.165, 1.54) is 4.88 Å². The molecule has 0 aromatic carbocycles. The number of nitrogens with zero attached hydrogens (tertiary/aromatic N) is 1. The molecule has 0 unspecified atom stereocenters. The van der Waals surface area contributed by atoms with E-state index in [1.807, 2.05) is 17.0 Å². The molecule has 1 aliphatic carbocycles. The van der Waals surface area contributed by atoms with Gasteiger partial charge in [0.05, 0.1) is 12.8 Å². The molecule has 0 fully saturated rings. The Hall–Kier alpha value is -1.81. The van der Waals surface area contributed by atoms with Gasteiger partial charge < -0.3 is 9.32 Å². The topological polar surface area (TPSA) is 33.5 Å². The van der Waals surface area contributed by atoms with Crippen molar-refractivity contribution in [3.63, 3.8) is 0 Å². The molecule has 4 heteroatoms. The van der Waals surface area contributed by atoms with E-state index in [-0.39, 0.29) is 11.8 Å². The second-order valence-electron chi connectivity index (χ2n) is 5.65. The zero-order valence-electron chi connectivity index (χ0n) is 12.6. The summed E-state index contributed by atoms with van der Waals surface area (Å²) < 4.78 is 5.43. The second kappa shape index (κ2) is 7.45. The summed E-state index contributed by atoms with van der Waals surface area (Å²) in [5.74, 6) is 1.24. The van der Waals surface area contributed by atoms with Crippen LogP contribution in [0, 0.1) is 5.92 Å². The molecule has 3 rings (SSSR count). The van der Waals surface area contributed by atoms with Gasteiger partial charge in [-0.2, -0.15) is 0 Å². The van der Waals surface area contributed by atoms with Crippen molar-refractivity contribution in [3.8, 4) is 0 Å². The molecule has 0 saturated heterocycles. The zero-order chi connectivity index (χ0) is 15.2. The van der Waals surface area contributed by atoms with Gasteiger partial charge in [-0.1, -0.05) is 18.2 Å². The van der Waals surface area contributed by atoms with Crippen molar-refractivity contribution >= 4 is 17.2 Å². The lowest BCUT2D eigenvalue weighted by atomic mass is 9.93. The van der Waals surface area contributed by atoms with E-state index in [2.05, 4.69) is 29.7 Å². The van der Waals surface area contributed by atoms with Gasteiger partial charge in [0.15, 0.2) is 0 Å². The lowest BCUT2D eigenvalue weighted by molar-refractivity contribution is -0.136. The molecular weight excluding hydrogens is 294 g/mol. The molecule has 0 radical (unpaired) electrons. The molecule has 0 spiro atoms. The van der Waals surface area contributed by atoms with E-state index < -0.39 is 0 Å². The number of furan rings is 1. The molecule has 2 heterocycles. The minimum Gasteiger partial charge on any atom is -0.467 e. The first-order chi connectivity index (χ1) is 10.8. The molecular formula is C18H21NO2S. The fourth-order valence-electron chi connectivity index (χ4n) is 2.83. The van der Waals surface area contributed by atoms with Crippen molar-refractivity contribution < 1.29 is 9.21 Å². The van der Waals surface area contributed by atoms with Gasteiger partial charge in [-0.05, 0) is 49.3 Å². The highest BCUT2D eigenvalue weighted by Crippen LogP contribution is 2.22. The van der Waals surface area contributed by atoms with Gasteiger partial charge in [0.2, 0.25) is 5.91 Å². The molecule has 2 aromatic heterocycles. The van der Waals surface area contributed by atoms with Gasteiger partial charge in [0, 0.05) is 17.3 Å². The molecule has 22 heavy (non-hydrogen) atoms. The van der Waals surface area contributed by atoms with Crippen molar-refractivity contribution in [3.05, 3.63) is 58.7 Å². The van der Waals surface area contributed by atoms with E-state index in [4.69, 9.17) is 4.42 Å². The van der Waals surface area contributed by atoms with Crippen molar-refractivity contribution in [2.45, 2.75) is 32.2 Å². The predicted octanol–water partition coefficient (Wildman–Crippen LogP) is 4.27. The average molecular weight is 315 g/mol. The van der Waals surface area contributed by atoms with Crippen LogP contribution in [-0.4, -0.2) is 17.4 Å². The van der Waals surface area contributed by atoms with Crippen LogP contribution in [0.4, 0.5) is 0 Å². The summed E-state index contributed by atoms with van der Waals surface area (Å²) >= 11 is 1.75. The average Bonchev–Trinajstić information content (AvgIpc) is 3.25. The smallest absolute Gasteiger partial charge is 0.226 e. The quantitative estimate of drug-likeness (QED) is 0.746. The lowest BCUT2D eigenvalue weighted by Crippen LogP contribution is -2.37. The summed E-state index contributed by atoms with van der Waals surface area (Å²) in [6.07, 6.45) is 9.72. The maximum atomic E-state index is 12.8. The molecule has 0 bridgehead atoms. The first-order valence-electron chi connectivity index (χ1n) is 7.81. The SMILES string of the molecule is O=C([C@@H]1CC=CCC1)N(CCc1cccs1)Cc1ccco1. The summed E-state index contributed by atoms with van der Waals surface area (Å²) in [6.45, 7) is 1.32. The first kappa shape index (κ1) is 15.1. The highest BCUT2D eigenvalue weighted by Gasteiger charge is 2.25. The zero-order valence-corrected chi connectivity index (χ0v) is 13.4. The van der Waals surface area contributed by atoms with Gasteiger partial charge in [-0.15, -0.1) is 11.3 Å². The van der Waals surface area contributed by atoms with Crippen LogP contribution in [0.5, 0.6) is 0 Å². The number of carbonyl (C=O) groups is 1. The molecule has 0 saturated carbocycles. The minimum atomic E-state index is 0.128. The van der Waals surface area contributed by atoms with Crippen LogP contribution in [0.15, 0.2) is 52.5 Å². The number of carbonyl (C=O) groups excluding carboxylic acids is 1. The Balaban J connectivity index is 1.66. The van der Waals surface area contributed by atoms with Crippen LogP contribution in [0.2, 0.25) is 0 Å². The van der Waals surface area contributed by atoms with E-state index in [9.17, 15) is 4.79 Å². The summed E-state index contributed by atoms with van der Waals surface area (Å²) in [7, 11) is 0. The first-order valence-corrected chi connectivity index (χ1v) is 8.69. The number of rotatable bonds is 6. The predicted molar refractivity (Wildman–Crippen MR) is 88.6 cm³/mol. The Morgan fingerprint density at radius 3 is 2.95 bits per heavy atom. The Labute approximate surface area is 135 Å². The number of hydrogen-bond donors (Lipinski definition) is 0. The van der Waals surface area contributed by atoms with Crippen LogP contribution >= 0.6 is 11.3 Å². The molecule has 2 aromatic rings. The molecule has 1 atom stereocenters. The summed E-state index contributed by atoms with van der Waals surface area (Å²) in [4.78, 5) is 16.1. The third-order valence-corrected chi connectivity index (χ3v) is 5.00. The molecule has 116 valence electrons. The second-order valence-corrected chi connectivity index (χ2v) is 6.68. The van der Waals surface area contributed by atoms with Crippen LogP contribution in [-0.2, 0) is 17.8 Å². The van der Waals surface area contributed by atoms with Gasteiger partial charge in [-0.3, -0.25) is 4.79 Å². The Morgan fingerprint density at radius 2 is 2.27 bits per heavy atom. The third-order valence-electron chi connectivity index (χ3n) is 4.06. The number of hydrogen-bond acceptors (Lipinski definition) is 3. The van der Waals surface area contributed by atoms with Crippen LogP contribution in [0.3, 0.4) is 0 Å². The van der Waals surface area contributed by atoms with Crippen LogP contribution in [0.1, 0.15) is 29.9 Å². The Morgan fingerprint density at radius 1 is 1.32 bits per heavy atom. The highest BCUT2D eigenvalue weighted by molar-refractivity contribution is 7.09. The maximum absolute atomic E-state index is 12.8. The largest absolute Gasteiger partial charge is 0.467 e. The molecule has 0 aliphatic heterocycles. The van der Waals surface area contributed by atoms with Crippen LogP contribution in [0.25, 0.3) is 0 Å². The van der Waals surface area contributed by atoms with Gasteiger partial charge in [-0.25, -0.2) is 0 Å². The van der Waals surface area contributed by atoms with Crippen molar-refractivity contribution in [2.24, 2.45) is 5.92 Å². The van der Waals surface area contributed by atoms with Crippen LogP contribution < -0.4 is 0 Å². The standard InChI is InChI=1S/C18H21NO2S/c20-18(15-6-2-1-3-7-15)19(14-16-8-4-12-21-16)11-10-17-9-5-13-22-17/h1-2,4-5,8-9,12-13,15H,3,6-7,10-11,14H2/t15-/m1/s1. The molecule has 3 nitrogen and oxygen atoms in total. The number of allylic oxidation sites excluding steroid dienone is 2. The van der Waals surface area contributed by atoms with E-state index in [0.29, 0.717) is 6.54 Å². The fraction of sp³-hybridized carbons (Fsp3) is 0.389. The van der Waals surface area contributed by atoms with E-state index >= 15 is 0 Å². The monoisotopic (exact) mass is 315 g/mol. The van der Waals surface area contributed by atoms with Crippen molar-refractivity contribution in [1.82, 2.24) is 4.90 Å². The normalized spacial score (nSPS) is 17.5. The van der Waals surface area contributed by atoms with Gasteiger partial charge >= 0.3 is 0 Å². The molecule has 1 amide bonds. The number of amides is 1. The summed E-state index contributed by atoms with van der Waals surface area (Å²) in [6, 6.07) is 8.00. The summed E-state index contributed by atoms with van der Waals surface area (Å²) in [5.41, 5.74) is 0.